The van der Waals surface area contributed by atoms with Gasteiger partial charge in [0.05, 0.1) is 0 Å². The molecule has 0 aromatic heterocycles. The van der Waals surface area contributed by atoms with Crippen molar-refractivity contribution < 1.29 is 33.7 Å². The van der Waals surface area contributed by atoms with Gasteiger partial charge in [0.15, 0.2) is 12.2 Å². The summed E-state index contributed by atoms with van der Waals surface area (Å²) in [5.41, 5.74) is 3.51. The third kappa shape index (κ3) is 7.56. The average Bonchev–Trinajstić information content (AvgIpc) is 3.53. The van der Waals surface area contributed by atoms with Gasteiger partial charge in [0.2, 0.25) is 0 Å². The van der Waals surface area contributed by atoms with E-state index in [-0.39, 0.29) is 19.8 Å². The van der Waals surface area contributed by atoms with Crippen molar-refractivity contribution in [2.24, 2.45) is 0 Å². The van der Waals surface area contributed by atoms with Crippen LogP contribution in [0.5, 0.6) is 5.75 Å². The molecule has 0 saturated carbocycles. The SMILES string of the molecule is O=C(O)C(Cc1ccc(OCc2c(Cl)cccc2Cl)cc1)NC(=O)[C@@H]1OCO[C@H]1C(=O)Nc1ccccc1-c1ccccc1. The van der Waals surface area contributed by atoms with Crippen LogP contribution in [-0.2, 0) is 36.9 Å². The third-order valence-corrected chi connectivity index (χ3v) is 7.69. The Morgan fingerprint density at radius 2 is 1.45 bits per heavy atom. The van der Waals surface area contributed by atoms with E-state index in [2.05, 4.69) is 10.6 Å². The lowest BCUT2D eigenvalue weighted by atomic mass is 10.0. The fraction of sp³-hybridized carbons (Fsp3) is 0.182. The van der Waals surface area contributed by atoms with Crippen LogP contribution in [0.25, 0.3) is 11.1 Å². The minimum absolute atomic E-state index is 0.0212. The van der Waals surface area contributed by atoms with E-state index < -0.39 is 36.0 Å². The molecule has 1 heterocycles. The number of carboxylic acid groups (broad SMARTS) is 1. The number of ether oxygens (including phenoxy) is 3. The van der Waals surface area contributed by atoms with Crippen molar-refractivity contribution in [2.45, 2.75) is 31.3 Å². The summed E-state index contributed by atoms with van der Waals surface area (Å²) in [5, 5.41) is 16.1. The van der Waals surface area contributed by atoms with Crippen molar-refractivity contribution in [1.29, 1.82) is 0 Å². The summed E-state index contributed by atoms with van der Waals surface area (Å²) in [4.78, 5) is 38.4. The Hall–Kier alpha value is -4.41. The number of amides is 2. The van der Waals surface area contributed by atoms with Crippen molar-refractivity contribution in [2.75, 3.05) is 12.1 Å². The molecule has 1 aliphatic heterocycles. The van der Waals surface area contributed by atoms with Gasteiger partial charge in [-0.2, -0.15) is 0 Å². The molecule has 226 valence electrons. The minimum atomic E-state index is -1.34. The first-order chi connectivity index (χ1) is 21.3. The molecule has 2 amide bonds. The second-order valence-electron chi connectivity index (χ2n) is 9.93. The minimum Gasteiger partial charge on any atom is -0.489 e. The average molecular weight is 636 g/mol. The normalized spacial score (nSPS) is 16.6. The van der Waals surface area contributed by atoms with Gasteiger partial charge in [0.1, 0.15) is 25.2 Å². The lowest BCUT2D eigenvalue weighted by molar-refractivity contribution is -0.144. The third-order valence-electron chi connectivity index (χ3n) is 6.98. The second kappa shape index (κ2) is 14.4. The topological polar surface area (TPSA) is 123 Å². The highest BCUT2D eigenvalue weighted by Crippen LogP contribution is 2.29. The first kappa shape index (κ1) is 31.0. The summed E-state index contributed by atoms with van der Waals surface area (Å²) in [6.07, 6.45) is -2.64. The van der Waals surface area contributed by atoms with Crippen molar-refractivity contribution >= 4 is 46.7 Å². The molecular weight excluding hydrogens is 607 g/mol. The molecule has 3 atom stereocenters. The number of carbonyl (C=O) groups is 3. The number of hydrogen-bond acceptors (Lipinski definition) is 6. The van der Waals surface area contributed by atoms with Gasteiger partial charge in [-0.3, -0.25) is 9.59 Å². The van der Waals surface area contributed by atoms with Gasteiger partial charge in [-0.25, -0.2) is 4.79 Å². The number of hydrogen-bond donors (Lipinski definition) is 3. The zero-order valence-corrected chi connectivity index (χ0v) is 24.8. The second-order valence-corrected chi connectivity index (χ2v) is 10.7. The maximum Gasteiger partial charge on any atom is 0.326 e. The first-order valence-corrected chi connectivity index (χ1v) is 14.4. The van der Waals surface area contributed by atoms with E-state index in [0.29, 0.717) is 32.6 Å². The maximum absolute atomic E-state index is 13.2. The fourth-order valence-corrected chi connectivity index (χ4v) is 5.20. The Kier molecular flexibility index (Phi) is 10.1. The van der Waals surface area contributed by atoms with Crippen LogP contribution in [0.3, 0.4) is 0 Å². The summed E-state index contributed by atoms with van der Waals surface area (Å²) < 4.78 is 16.6. The largest absolute Gasteiger partial charge is 0.489 e. The van der Waals surface area contributed by atoms with Gasteiger partial charge in [-0.1, -0.05) is 89.9 Å². The van der Waals surface area contributed by atoms with Crippen molar-refractivity contribution in [3.8, 4) is 16.9 Å². The number of halogens is 2. The van der Waals surface area contributed by atoms with Crippen molar-refractivity contribution in [3.05, 3.63) is 118 Å². The van der Waals surface area contributed by atoms with Crippen LogP contribution in [0.4, 0.5) is 5.69 Å². The summed E-state index contributed by atoms with van der Waals surface area (Å²) >= 11 is 12.4. The molecule has 0 bridgehead atoms. The molecule has 11 heteroatoms. The quantitative estimate of drug-likeness (QED) is 0.192. The molecule has 4 aromatic rings. The van der Waals surface area contributed by atoms with Gasteiger partial charge in [0, 0.05) is 33.3 Å². The Bertz CT molecular complexity index is 1610. The zero-order chi connectivity index (χ0) is 31.1. The predicted octanol–water partition coefficient (Wildman–Crippen LogP) is 5.73. The molecular formula is C33H28Cl2N2O7. The fourth-order valence-electron chi connectivity index (χ4n) is 4.69. The molecule has 4 aromatic carbocycles. The Morgan fingerprint density at radius 1 is 0.818 bits per heavy atom. The number of benzene rings is 4. The zero-order valence-electron chi connectivity index (χ0n) is 23.2. The number of nitrogens with one attached hydrogen (secondary N) is 2. The number of carbonyl (C=O) groups excluding carboxylic acids is 2. The molecule has 9 nitrogen and oxygen atoms in total. The van der Waals surface area contributed by atoms with Gasteiger partial charge in [-0.05, 0) is 41.5 Å². The highest BCUT2D eigenvalue weighted by molar-refractivity contribution is 6.35. The first-order valence-electron chi connectivity index (χ1n) is 13.7. The number of rotatable bonds is 11. The van der Waals surface area contributed by atoms with Crippen LogP contribution >= 0.6 is 23.2 Å². The molecule has 0 spiro atoms. The van der Waals surface area contributed by atoms with Crippen LogP contribution in [-0.4, -0.2) is 47.9 Å². The van der Waals surface area contributed by atoms with Gasteiger partial charge in [0.25, 0.3) is 11.8 Å². The van der Waals surface area contributed by atoms with E-state index in [1.54, 1.807) is 54.6 Å². The van der Waals surface area contributed by atoms with Gasteiger partial charge >= 0.3 is 5.97 Å². The summed E-state index contributed by atoms with van der Waals surface area (Å²) in [7, 11) is 0. The van der Waals surface area contributed by atoms with Crippen LogP contribution in [0.1, 0.15) is 11.1 Å². The molecule has 1 unspecified atom stereocenters. The van der Waals surface area contributed by atoms with E-state index in [1.165, 1.54) is 0 Å². The Labute approximate surface area is 263 Å². The molecule has 1 fully saturated rings. The highest BCUT2D eigenvalue weighted by Gasteiger charge is 2.42. The highest BCUT2D eigenvalue weighted by atomic mass is 35.5. The van der Waals surface area contributed by atoms with Crippen molar-refractivity contribution in [1.82, 2.24) is 5.32 Å². The number of para-hydroxylation sites is 1. The number of aliphatic carboxylic acids is 1. The Morgan fingerprint density at radius 3 is 2.14 bits per heavy atom. The van der Waals surface area contributed by atoms with E-state index in [4.69, 9.17) is 37.4 Å². The lowest BCUT2D eigenvalue weighted by Crippen LogP contribution is -2.51. The summed E-state index contributed by atoms with van der Waals surface area (Å²) in [6.45, 7) is -0.142. The summed E-state index contributed by atoms with van der Waals surface area (Å²) in [6, 6.07) is 27.4. The van der Waals surface area contributed by atoms with E-state index in [1.807, 2.05) is 42.5 Å². The maximum atomic E-state index is 13.2. The van der Waals surface area contributed by atoms with E-state index >= 15 is 0 Å². The van der Waals surface area contributed by atoms with Crippen LogP contribution in [0.15, 0.2) is 97.1 Å². The molecule has 1 aliphatic rings. The molecule has 0 radical (unpaired) electrons. The molecule has 3 N–H and O–H groups in total. The van der Waals surface area contributed by atoms with Crippen molar-refractivity contribution in [3.63, 3.8) is 0 Å². The number of anilines is 1. The van der Waals surface area contributed by atoms with E-state index in [0.717, 1.165) is 11.1 Å². The number of carboxylic acids is 1. The van der Waals surface area contributed by atoms with E-state index in [9.17, 15) is 19.5 Å². The molecule has 5 rings (SSSR count). The van der Waals surface area contributed by atoms with Crippen LogP contribution < -0.4 is 15.4 Å². The van der Waals surface area contributed by atoms with Gasteiger partial charge in [-0.15, -0.1) is 0 Å². The monoisotopic (exact) mass is 634 g/mol. The molecule has 0 aliphatic carbocycles. The predicted molar refractivity (Wildman–Crippen MR) is 166 cm³/mol. The lowest BCUT2D eigenvalue weighted by Gasteiger charge is -2.20. The van der Waals surface area contributed by atoms with Crippen LogP contribution in [0, 0.1) is 0 Å². The van der Waals surface area contributed by atoms with Gasteiger partial charge < -0.3 is 30.0 Å². The summed E-state index contributed by atoms with van der Waals surface area (Å²) in [5.74, 6) is -2.09. The van der Waals surface area contributed by atoms with Crippen LogP contribution in [0.2, 0.25) is 10.0 Å². The molecule has 1 saturated heterocycles. The standard InChI is InChI=1S/C33H28Cl2N2O7/c34-25-10-6-11-26(35)24(25)18-42-22-15-13-20(14-16-22)17-28(33(40)41)37-32(39)30-29(43-19-44-30)31(38)36-27-12-5-4-9-23(27)21-7-2-1-3-8-21/h1-16,28-30H,17-19H2,(H,36,38)(H,37,39)(H,40,41)/t28?,29-,30-/m1/s1. The molecule has 44 heavy (non-hydrogen) atoms. The smallest absolute Gasteiger partial charge is 0.326 e. The Balaban J connectivity index is 1.20.